The van der Waals surface area contributed by atoms with E-state index in [2.05, 4.69) is 9.55 Å². The number of fused-ring (bicyclic) bond motifs is 1. The van der Waals surface area contributed by atoms with Crippen molar-refractivity contribution in [2.45, 2.75) is 51.5 Å². The fourth-order valence-electron chi connectivity index (χ4n) is 3.11. The summed E-state index contributed by atoms with van der Waals surface area (Å²) in [6, 6.07) is -0.135. The summed E-state index contributed by atoms with van der Waals surface area (Å²) in [5, 5.41) is 0. The van der Waals surface area contributed by atoms with Gasteiger partial charge in [0, 0.05) is 5.69 Å². The summed E-state index contributed by atoms with van der Waals surface area (Å²) >= 11 is 0. The Hall–Kier alpha value is -1.32. The normalized spacial score (nSPS) is 20.3. The maximum absolute atomic E-state index is 12.1. The molecule has 4 nitrogen and oxygen atoms in total. The number of nitrogens with zero attached hydrogens (tertiary/aromatic N) is 2. The van der Waals surface area contributed by atoms with E-state index in [9.17, 15) is 4.79 Å². The Kier molecular flexibility index (Phi) is 2.88. The van der Waals surface area contributed by atoms with Crippen LogP contribution in [-0.4, -0.2) is 22.6 Å². The van der Waals surface area contributed by atoms with Gasteiger partial charge in [0.1, 0.15) is 11.9 Å². The van der Waals surface area contributed by atoms with E-state index in [1.54, 1.807) is 0 Å². The van der Waals surface area contributed by atoms with E-state index in [1.807, 2.05) is 6.92 Å². The highest BCUT2D eigenvalue weighted by atomic mass is 16.5. The molecule has 18 heavy (non-hydrogen) atoms. The molecule has 1 aromatic rings. The van der Waals surface area contributed by atoms with Crippen LogP contribution in [0.15, 0.2) is 0 Å². The third kappa shape index (κ3) is 1.84. The van der Waals surface area contributed by atoms with Crippen LogP contribution in [0, 0.1) is 12.8 Å². The number of methoxy groups -OCH3 is 1. The molecule has 0 bridgehead atoms. The average Bonchev–Trinajstić information content (AvgIpc) is 3.15. The highest BCUT2D eigenvalue weighted by Gasteiger charge is 2.40. The third-order valence-electron chi connectivity index (χ3n) is 4.14. The van der Waals surface area contributed by atoms with E-state index >= 15 is 0 Å². The molecule has 0 saturated heterocycles. The van der Waals surface area contributed by atoms with E-state index in [0.717, 1.165) is 31.5 Å². The van der Waals surface area contributed by atoms with Crippen LogP contribution < -0.4 is 0 Å². The van der Waals surface area contributed by atoms with Crippen molar-refractivity contribution in [1.29, 1.82) is 0 Å². The first-order chi connectivity index (χ1) is 8.72. The van der Waals surface area contributed by atoms with Crippen molar-refractivity contribution in [1.82, 2.24) is 9.55 Å². The van der Waals surface area contributed by atoms with Crippen LogP contribution in [-0.2, 0) is 22.4 Å². The van der Waals surface area contributed by atoms with Gasteiger partial charge in [-0.3, -0.25) is 0 Å². The lowest BCUT2D eigenvalue weighted by Gasteiger charge is -2.22. The molecule has 3 rings (SSSR count). The third-order valence-corrected chi connectivity index (χ3v) is 4.14. The molecule has 0 spiro atoms. The van der Waals surface area contributed by atoms with E-state index in [-0.39, 0.29) is 12.0 Å². The van der Waals surface area contributed by atoms with Gasteiger partial charge in [-0.05, 0) is 51.4 Å². The van der Waals surface area contributed by atoms with Crippen molar-refractivity contribution in [3.63, 3.8) is 0 Å². The molecular formula is C14H20N2O2. The van der Waals surface area contributed by atoms with Crippen LogP contribution in [0.2, 0.25) is 0 Å². The van der Waals surface area contributed by atoms with Gasteiger partial charge in [0.15, 0.2) is 0 Å². The van der Waals surface area contributed by atoms with E-state index < -0.39 is 0 Å². The lowest BCUT2D eigenvalue weighted by Crippen LogP contribution is -2.26. The van der Waals surface area contributed by atoms with Gasteiger partial charge in [-0.1, -0.05) is 0 Å². The minimum Gasteiger partial charge on any atom is -0.467 e. The maximum Gasteiger partial charge on any atom is 0.329 e. The van der Waals surface area contributed by atoms with Crippen molar-refractivity contribution in [2.75, 3.05) is 7.11 Å². The number of hydrogen-bond acceptors (Lipinski definition) is 3. The van der Waals surface area contributed by atoms with Gasteiger partial charge < -0.3 is 9.30 Å². The maximum atomic E-state index is 12.1. The van der Waals surface area contributed by atoms with Crippen LogP contribution in [0.1, 0.15) is 48.9 Å². The van der Waals surface area contributed by atoms with Crippen molar-refractivity contribution in [2.24, 2.45) is 5.92 Å². The van der Waals surface area contributed by atoms with Gasteiger partial charge in [0.2, 0.25) is 0 Å². The van der Waals surface area contributed by atoms with Crippen LogP contribution in [0.5, 0.6) is 0 Å². The van der Waals surface area contributed by atoms with Crippen molar-refractivity contribution in [3.8, 4) is 0 Å². The second-order valence-corrected chi connectivity index (χ2v) is 5.43. The number of esters is 1. The predicted octanol–water partition coefficient (Wildman–Crippen LogP) is 2.19. The Morgan fingerprint density at radius 1 is 1.39 bits per heavy atom. The molecule has 0 radical (unpaired) electrons. The second-order valence-electron chi connectivity index (χ2n) is 5.43. The first-order valence-corrected chi connectivity index (χ1v) is 6.86. The van der Waals surface area contributed by atoms with Crippen molar-refractivity contribution >= 4 is 5.97 Å². The number of carbonyl (C=O) groups is 1. The zero-order valence-corrected chi connectivity index (χ0v) is 11.1. The zero-order valence-electron chi connectivity index (χ0n) is 11.1. The van der Waals surface area contributed by atoms with Crippen LogP contribution in [0.3, 0.4) is 0 Å². The van der Waals surface area contributed by atoms with Crippen molar-refractivity contribution < 1.29 is 9.53 Å². The number of hydrogen-bond donors (Lipinski definition) is 0. The lowest BCUT2D eigenvalue weighted by molar-refractivity contribution is -0.145. The van der Waals surface area contributed by atoms with Gasteiger partial charge in [0.05, 0.1) is 12.8 Å². The van der Waals surface area contributed by atoms with Gasteiger partial charge in [-0.2, -0.15) is 0 Å². The van der Waals surface area contributed by atoms with Gasteiger partial charge in [-0.25, -0.2) is 9.78 Å². The minimum absolute atomic E-state index is 0.105. The monoisotopic (exact) mass is 248 g/mol. The van der Waals surface area contributed by atoms with E-state index in [0.29, 0.717) is 5.92 Å². The Morgan fingerprint density at radius 3 is 2.78 bits per heavy atom. The molecule has 2 aliphatic carbocycles. The van der Waals surface area contributed by atoms with Crippen LogP contribution in [0.25, 0.3) is 0 Å². The van der Waals surface area contributed by atoms with Gasteiger partial charge >= 0.3 is 5.97 Å². The summed E-state index contributed by atoms with van der Waals surface area (Å²) < 4.78 is 7.16. The molecule has 1 aromatic heterocycles. The zero-order chi connectivity index (χ0) is 12.7. The number of ether oxygens (including phenoxy) is 1. The smallest absolute Gasteiger partial charge is 0.329 e. The topological polar surface area (TPSA) is 44.1 Å². The van der Waals surface area contributed by atoms with Gasteiger partial charge in [-0.15, -0.1) is 0 Å². The molecule has 0 amide bonds. The second kappa shape index (κ2) is 4.41. The number of carbonyl (C=O) groups excluding carboxylic acids is 1. The fourth-order valence-corrected chi connectivity index (χ4v) is 3.11. The first kappa shape index (κ1) is 11.8. The largest absolute Gasteiger partial charge is 0.467 e. The highest BCUT2D eigenvalue weighted by Crippen LogP contribution is 2.42. The summed E-state index contributed by atoms with van der Waals surface area (Å²) in [7, 11) is 1.48. The Bertz CT molecular complexity index is 474. The Labute approximate surface area is 107 Å². The Balaban J connectivity index is 2.03. The average molecular weight is 248 g/mol. The quantitative estimate of drug-likeness (QED) is 0.770. The molecule has 0 aliphatic heterocycles. The number of imidazole rings is 1. The molecule has 1 unspecified atom stereocenters. The number of aromatic nitrogens is 2. The Morgan fingerprint density at radius 2 is 2.11 bits per heavy atom. The standard InChI is InChI=1S/C14H20N2O2/c1-9-15-11-5-3-4-6-12(11)16(9)13(10-7-8-10)14(17)18-2/h10,13H,3-8H2,1-2H3. The van der Waals surface area contributed by atoms with E-state index in [1.165, 1.54) is 31.3 Å². The van der Waals surface area contributed by atoms with E-state index in [4.69, 9.17) is 4.74 Å². The molecule has 0 aromatic carbocycles. The molecule has 4 heteroatoms. The van der Waals surface area contributed by atoms with Crippen LogP contribution in [0.4, 0.5) is 0 Å². The number of rotatable bonds is 3. The lowest BCUT2D eigenvalue weighted by atomic mass is 10.0. The van der Waals surface area contributed by atoms with Gasteiger partial charge in [0.25, 0.3) is 0 Å². The van der Waals surface area contributed by atoms with Crippen LogP contribution >= 0.6 is 0 Å². The molecule has 1 heterocycles. The molecule has 1 atom stereocenters. The predicted molar refractivity (Wildman–Crippen MR) is 67.4 cm³/mol. The molecule has 2 aliphatic rings. The molecule has 1 fully saturated rings. The summed E-state index contributed by atoms with van der Waals surface area (Å²) in [4.78, 5) is 16.7. The van der Waals surface area contributed by atoms with Crippen molar-refractivity contribution in [3.05, 3.63) is 17.2 Å². The SMILES string of the molecule is COC(=O)C(C1CC1)n1c(C)nc2c1CCCC2. The molecule has 1 saturated carbocycles. The summed E-state index contributed by atoms with van der Waals surface area (Å²) in [5.41, 5.74) is 2.48. The fraction of sp³-hybridized carbons (Fsp3) is 0.714. The first-order valence-electron chi connectivity index (χ1n) is 6.86. The summed E-state index contributed by atoms with van der Waals surface area (Å²) in [6.07, 6.45) is 6.79. The summed E-state index contributed by atoms with van der Waals surface area (Å²) in [5.74, 6) is 1.33. The highest BCUT2D eigenvalue weighted by molar-refractivity contribution is 5.75. The molecular weight excluding hydrogens is 228 g/mol. The minimum atomic E-state index is -0.135. The number of aryl methyl sites for hydroxylation is 2. The molecule has 98 valence electrons. The molecule has 0 N–H and O–H groups in total. The summed E-state index contributed by atoms with van der Waals surface area (Å²) in [6.45, 7) is 2.01.